The second-order valence-electron chi connectivity index (χ2n) is 5.32. The molecule has 2 heterocycles. The number of aryl methyl sites for hydroxylation is 1. The van der Waals surface area contributed by atoms with Gasteiger partial charge in [0.2, 0.25) is 10.0 Å². The number of aromatic nitrogens is 1. The van der Waals surface area contributed by atoms with Crippen molar-refractivity contribution in [1.82, 2.24) is 9.88 Å². The quantitative estimate of drug-likeness (QED) is 0.679. The van der Waals surface area contributed by atoms with E-state index in [9.17, 15) is 8.42 Å². The van der Waals surface area contributed by atoms with Gasteiger partial charge in [0, 0.05) is 18.2 Å². The second-order valence-corrected chi connectivity index (χ2v) is 8.39. The molecule has 132 valence electrons. The lowest BCUT2D eigenvalue weighted by atomic mass is 10.2. The Bertz CT molecular complexity index is 960. The minimum absolute atomic E-state index is 0.160. The fourth-order valence-electron chi connectivity index (χ4n) is 2.27. The standard InChI is InChI=1S/C17H18N2O4S2/c1-3-22-14-7-5-4-6-13(14)11-18-25(20,21)17-9-8-16(24-17)15-10-12(2)19-23-15/h4-10,18H,3,11H2,1-2H3. The van der Waals surface area contributed by atoms with Crippen molar-refractivity contribution in [2.45, 2.75) is 24.6 Å². The van der Waals surface area contributed by atoms with Crippen LogP contribution >= 0.6 is 11.3 Å². The van der Waals surface area contributed by atoms with E-state index in [0.717, 1.165) is 27.5 Å². The molecule has 0 aliphatic rings. The highest BCUT2D eigenvalue weighted by Crippen LogP contribution is 2.31. The number of sulfonamides is 1. The molecule has 1 N–H and O–H groups in total. The molecule has 0 saturated heterocycles. The summed E-state index contributed by atoms with van der Waals surface area (Å²) in [4.78, 5) is 0.718. The minimum Gasteiger partial charge on any atom is -0.494 e. The van der Waals surface area contributed by atoms with E-state index >= 15 is 0 Å². The SMILES string of the molecule is CCOc1ccccc1CNS(=O)(=O)c1ccc(-c2cc(C)no2)s1. The molecule has 0 amide bonds. The van der Waals surface area contributed by atoms with Gasteiger partial charge in [-0.15, -0.1) is 11.3 Å². The van der Waals surface area contributed by atoms with E-state index in [1.807, 2.05) is 38.1 Å². The molecule has 0 spiro atoms. The highest BCUT2D eigenvalue weighted by Gasteiger charge is 2.19. The van der Waals surface area contributed by atoms with Crippen molar-refractivity contribution in [3.05, 3.63) is 53.7 Å². The first-order valence-corrected chi connectivity index (χ1v) is 10.0. The molecular weight excluding hydrogens is 360 g/mol. The summed E-state index contributed by atoms with van der Waals surface area (Å²) < 4.78 is 38.6. The lowest BCUT2D eigenvalue weighted by molar-refractivity contribution is 0.336. The summed E-state index contributed by atoms with van der Waals surface area (Å²) >= 11 is 1.14. The van der Waals surface area contributed by atoms with E-state index in [4.69, 9.17) is 9.26 Å². The van der Waals surface area contributed by atoms with Crippen molar-refractivity contribution in [1.29, 1.82) is 0 Å². The molecule has 0 saturated carbocycles. The third kappa shape index (κ3) is 4.09. The molecule has 0 bridgehead atoms. The monoisotopic (exact) mass is 378 g/mol. The van der Waals surface area contributed by atoms with Gasteiger partial charge in [0.1, 0.15) is 9.96 Å². The first-order valence-electron chi connectivity index (χ1n) is 7.73. The molecule has 0 unspecified atom stereocenters. The summed E-state index contributed by atoms with van der Waals surface area (Å²) in [7, 11) is -3.62. The maximum Gasteiger partial charge on any atom is 0.250 e. The summed E-state index contributed by atoms with van der Waals surface area (Å²) in [6.45, 7) is 4.39. The Morgan fingerprint density at radius 1 is 1.24 bits per heavy atom. The number of hydrogen-bond acceptors (Lipinski definition) is 6. The van der Waals surface area contributed by atoms with Gasteiger partial charge in [-0.05, 0) is 32.0 Å². The van der Waals surface area contributed by atoms with Gasteiger partial charge in [-0.25, -0.2) is 13.1 Å². The largest absolute Gasteiger partial charge is 0.494 e. The van der Waals surface area contributed by atoms with Crippen LogP contribution < -0.4 is 9.46 Å². The number of para-hydroxylation sites is 1. The summed E-state index contributed by atoms with van der Waals surface area (Å²) in [6.07, 6.45) is 0. The smallest absolute Gasteiger partial charge is 0.250 e. The van der Waals surface area contributed by atoms with Crippen LogP contribution in [-0.2, 0) is 16.6 Å². The molecule has 6 nitrogen and oxygen atoms in total. The molecule has 0 radical (unpaired) electrons. The molecule has 0 aliphatic carbocycles. The van der Waals surface area contributed by atoms with Gasteiger partial charge in [-0.1, -0.05) is 23.4 Å². The van der Waals surface area contributed by atoms with E-state index in [0.29, 0.717) is 18.1 Å². The van der Waals surface area contributed by atoms with Crippen LogP contribution in [0.4, 0.5) is 0 Å². The molecule has 2 aromatic heterocycles. The number of rotatable bonds is 7. The van der Waals surface area contributed by atoms with Crippen LogP contribution in [0.2, 0.25) is 0 Å². The molecular formula is C17H18N2O4S2. The first kappa shape index (κ1) is 17.7. The number of thiophene rings is 1. The molecule has 0 aliphatic heterocycles. The van der Waals surface area contributed by atoms with Gasteiger partial charge in [0.15, 0.2) is 5.76 Å². The highest BCUT2D eigenvalue weighted by molar-refractivity contribution is 7.91. The Hall–Kier alpha value is -2.16. The molecule has 8 heteroatoms. The molecule has 3 aromatic rings. The summed E-state index contributed by atoms with van der Waals surface area (Å²) in [5.74, 6) is 1.24. The minimum atomic E-state index is -3.62. The van der Waals surface area contributed by atoms with Crippen LogP contribution in [0.25, 0.3) is 10.6 Å². The van der Waals surface area contributed by atoms with Gasteiger partial charge in [-0.3, -0.25) is 0 Å². The molecule has 0 fully saturated rings. The van der Waals surface area contributed by atoms with Crippen molar-refractivity contribution in [3.63, 3.8) is 0 Å². The summed E-state index contributed by atoms with van der Waals surface area (Å²) in [5.41, 5.74) is 1.54. The average Bonchev–Trinajstić information content (AvgIpc) is 3.23. The zero-order valence-corrected chi connectivity index (χ0v) is 15.5. The Morgan fingerprint density at radius 3 is 2.76 bits per heavy atom. The fourth-order valence-corrected chi connectivity index (χ4v) is 4.57. The second kappa shape index (κ2) is 7.38. The van der Waals surface area contributed by atoms with Crippen molar-refractivity contribution < 1.29 is 17.7 Å². The van der Waals surface area contributed by atoms with E-state index in [1.165, 1.54) is 0 Å². The van der Waals surface area contributed by atoms with Gasteiger partial charge >= 0.3 is 0 Å². The number of hydrogen-bond donors (Lipinski definition) is 1. The van der Waals surface area contributed by atoms with Crippen LogP contribution in [0.1, 0.15) is 18.2 Å². The molecule has 3 rings (SSSR count). The van der Waals surface area contributed by atoms with Crippen LogP contribution in [0, 0.1) is 6.92 Å². The van der Waals surface area contributed by atoms with Gasteiger partial charge in [0.05, 0.1) is 17.2 Å². The normalized spacial score (nSPS) is 11.6. The summed E-state index contributed by atoms with van der Waals surface area (Å²) in [6, 6.07) is 12.4. The zero-order chi connectivity index (χ0) is 17.9. The fraction of sp³-hybridized carbons (Fsp3) is 0.235. The number of benzene rings is 1. The Balaban J connectivity index is 1.76. The molecule has 0 atom stereocenters. The number of nitrogens with zero attached hydrogens (tertiary/aromatic N) is 1. The van der Waals surface area contributed by atoms with E-state index in [2.05, 4.69) is 9.88 Å². The van der Waals surface area contributed by atoms with Crippen molar-refractivity contribution in [2.24, 2.45) is 0 Å². The zero-order valence-electron chi connectivity index (χ0n) is 13.9. The van der Waals surface area contributed by atoms with Crippen molar-refractivity contribution in [3.8, 4) is 16.4 Å². The topological polar surface area (TPSA) is 81.4 Å². The Morgan fingerprint density at radius 2 is 2.04 bits per heavy atom. The highest BCUT2D eigenvalue weighted by atomic mass is 32.2. The third-order valence-electron chi connectivity index (χ3n) is 3.44. The van der Waals surface area contributed by atoms with E-state index in [1.54, 1.807) is 18.2 Å². The van der Waals surface area contributed by atoms with Gasteiger partial charge in [-0.2, -0.15) is 0 Å². The van der Waals surface area contributed by atoms with Crippen molar-refractivity contribution >= 4 is 21.4 Å². The van der Waals surface area contributed by atoms with Crippen LogP contribution in [0.15, 0.2) is 51.2 Å². The predicted molar refractivity (Wildman–Crippen MR) is 96.2 cm³/mol. The average molecular weight is 378 g/mol. The molecule has 1 aromatic carbocycles. The third-order valence-corrected chi connectivity index (χ3v) is 6.43. The number of ether oxygens (including phenoxy) is 1. The van der Waals surface area contributed by atoms with Crippen LogP contribution in [0.3, 0.4) is 0 Å². The van der Waals surface area contributed by atoms with Gasteiger partial charge in [0.25, 0.3) is 0 Å². The van der Waals surface area contributed by atoms with E-state index < -0.39 is 10.0 Å². The predicted octanol–water partition coefficient (Wildman–Crippen LogP) is 3.59. The van der Waals surface area contributed by atoms with Crippen molar-refractivity contribution in [2.75, 3.05) is 6.61 Å². The number of nitrogens with one attached hydrogen (secondary N) is 1. The maximum atomic E-state index is 12.5. The van der Waals surface area contributed by atoms with Crippen LogP contribution in [-0.4, -0.2) is 20.2 Å². The summed E-state index contributed by atoms with van der Waals surface area (Å²) in [5, 5.41) is 3.82. The van der Waals surface area contributed by atoms with Gasteiger partial charge < -0.3 is 9.26 Å². The van der Waals surface area contributed by atoms with Crippen LogP contribution in [0.5, 0.6) is 5.75 Å². The maximum absolute atomic E-state index is 12.5. The first-order chi connectivity index (χ1) is 12.0. The lowest BCUT2D eigenvalue weighted by Crippen LogP contribution is -2.22. The van der Waals surface area contributed by atoms with E-state index in [-0.39, 0.29) is 10.8 Å². The molecule has 25 heavy (non-hydrogen) atoms. The lowest BCUT2D eigenvalue weighted by Gasteiger charge is -2.10. The Labute approximate surface area is 150 Å². The Kier molecular flexibility index (Phi) is 5.22.